The van der Waals surface area contributed by atoms with E-state index in [-0.39, 0.29) is 58.9 Å². The van der Waals surface area contributed by atoms with E-state index >= 15 is 0 Å². The van der Waals surface area contributed by atoms with Gasteiger partial charge in [0.1, 0.15) is 12.4 Å². The first kappa shape index (κ1) is 36.2. The minimum Gasteiger partial charge on any atom is -0.475 e. The molecule has 0 radical (unpaired) electrons. The number of aromatic nitrogens is 4. The molecule has 4 bridgehead atoms. The maximum Gasteiger partial charge on any atom is 0.264 e. The van der Waals surface area contributed by atoms with Crippen LogP contribution in [-0.4, -0.2) is 77.6 Å². The fourth-order valence-electron chi connectivity index (χ4n) is 7.05. The summed E-state index contributed by atoms with van der Waals surface area (Å²) in [5.74, 6) is 0.442. The molecule has 0 spiro atoms. The predicted molar refractivity (Wildman–Crippen MR) is 196 cm³/mol. The Kier molecular flexibility index (Phi) is 10.3. The minimum absolute atomic E-state index is 0.0163. The maximum atomic E-state index is 14.6. The van der Waals surface area contributed by atoms with Crippen LogP contribution in [0.4, 0.5) is 11.8 Å². The Morgan fingerprint density at radius 2 is 1.78 bits per heavy atom. The number of hydrogen-bond donors (Lipinski definition) is 1. The molecular weight excluding hydrogens is 667 g/mol. The zero-order chi connectivity index (χ0) is 36.5. The SMILES string of the molecule is CO[C@H](C)[C@@H]1CCCN1c1cncc(CN2C(=O)c3cccc(c3)S(=O)(=O)Nc3nc(cc(-c4c(C)cccc4C)n3)OC[C@H]2CC(C)(C)C)n1. The lowest BCUT2D eigenvalue weighted by Gasteiger charge is -2.36. The quantitative estimate of drug-likeness (QED) is 0.236. The molecule has 2 aromatic carbocycles. The number of sulfonamides is 1. The highest BCUT2D eigenvalue weighted by Crippen LogP contribution is 2.32. The van der Waals surface area contributed by atoms with Crippen LogP contribution in [0.25, 0.3) is 11.3 Å². The van der Waals surface area contributed by atoms with Crippen LogP contribution in [0.1, 0.15) is 74.1 Å². The van der Waals surface area contributed by atoms with E-state index in [1.54, 1.807) is 42.6 Å². The van der Waals surface area contributed by atoms with Crippen molar-refractivity contribution >= 4 is 27.7 Å². The van der Waals surface area contributed by atoms with E-state index in [0.717, 1.165) is 41.9 Å². The van der Waals surface area contributed by atoms with Crippen LogP contribution in [0.3, 0.4) is 0 Å². The molecule has 2 aliphatic heterocycles. The number of amides is 1. The number of rotatable bonds is 7. The van der Waals surface area contributed by atoms with Gasteiger partial charge in [-0.25, -0.2) is 23.1 Å². The summed E-state index contributed by atoms with van der Waals surface area (Å²) in [6.07, 6.45) is 6.02. The van der Waals surface area contributed by atoms with E-state index in [0.29, 0.717) is 17.8 Å². The molecule has 4 heterocycles. The van der Waals surface area contributed by atoms with Crippen molar-refractivity contribution in [3.8, 4) is 17.1 Å². The molecule has 270 valence electrons. The number of aryl methyl sites for hydroxylation is 2. The van der Waals surface area contributed by atoms with Gasteiger partial charge in [0.2, 0.25) is 11.8 Å². The maximum absolute atomic E-state index is 14.6. The van der Waals surface area contributed by atoms with Crippen molar-refractivity contribution < 1.29 is 22.7 Å². The molecule has 0 unspecified atom stereocenters. The predicted octanol–water partition coefficient (Wildman–Crippen LogP) is 6.19. The monoisotopic (exact) mass is 713 g/mol. The fourth-order valence-corrected chi connectivity index (χ4v) is 8.04. The number of benzene rings is 2. The molecule has 2 aromatic heterocycles. The third-order valence-corrected chi connectivity index (χ3v) is 10.9. The van der Waals surface area contributed by atoms with E-state index in [2.05, 4.69) is 52.3 Å². The summed E-state index contributed by atoms with van der Waals surface area (Å²) in [7, 11) is -2.47. The van der Waals surface area contributed by atoms with Crippen molar-refractivity contribution in [3.63, 3.8) is 0 Å². The Morgan fingerprint density at radius 3 is 2.51 bits per heavy atom. The minimum atomic E-state index is -4.19. The number of carbonyl (C=O) groups is 1. The molecule has 4 aromatic rings. The zero-order valence-electron chi connectivity index (χ0n) is 30.4. The zero-order valence-corrected chi connectivity index (χ0v) is 31.2. The number of nitrogens with zero attached hydrogens (tertiary/aromatic N) is 6. The van der Waals surface area contributed by atoms with Crippen molar-refractivity contribution in [1.29, 1.82) is 0 Å². The molecule has 3 atom stereocenters. The van der Waals surface area contributed by atoms with Crippen molar-refractivity contribution in [1.82, 2.24) is 24.8 Å². The molecular formula is C38H47N7O5S. The van der Waals surface area contributed by atoms with Crippen LogP contribution in [0.15, 0.2) is 65.8 Å². The Balaban J connectivity index is 1.45. The van der Waals surface area contributed by atoms with Gasteiger partial charge < -0.3 is 19.3 Å². The second kappa shape index (κ2) is 14.5. The van der Waals surface area contributed by atoms with Gasteiger partial charge in [-0.15, -0.1) is 0 Å². The van der Waals surface area contributed by atoms with E-state index in [9.17, 15) is 13.2 Å². The van der Waals surface area contributed by atoms with Crippen molar-refractivity contribution in [3.05, 3.63) is 83.3 Å². The summed E-state index contributed by atoms with van der Waals surface area (Å²) >= 11 is 0. The molecule has 6 rings (SSSR count). The van der Waals surface area contributed by atoms with Gasteiger partial charge in [0, 0.05) is 30.8 Å². The van der Waals surface area contributed by atoms with E-state index in [4.69, 9.17) is 14.5 Å². The number of fused-ring (bicyclic) bond motifs is 4. The summed E-state index contributed by atoms with van der Waals surface area (Å²) in [6.45, 7) is 13.4. The molecule has 51 heavy (non-hydrogen) atoms. The first-order chi connectivity index (χ1) is 24.2. The highest BCUT2D eigenvalue weighted by molar-refractivity contribution is 7.92. The lowest BCUT2D eigenvalue weighted by atomic mass is 9.87. The Labute approximate surface area is 300 Å². The Hall–Kier alpha value is -4.62. The molecule has 13 heteroatoms. The fraction of sp³-hybridized carbons (Fsp3) is 0.447. The van der Waals surface area contributed by atoms with Gasteiger partial charge in [0.05, 0.1) is 53.4 Å². The number of methoxy groups -OCH3 is 1. The van der Waals surface area contributed by atoms with Crippen LogP contribution in [0.2, 0.25) is 0 Å². The average molecular weight is 714 g/mol. The van der Waals surface area contributed by atoms with Gasteiger partial charge in [-0.05, 0) is 74.8 Å². The van der Waals surface area contributed by atoms with Gasteiger partial charge in [-0.3, -0.25) is 9.78 Å². The van der Waals surface area contributed by atoms with Crippen molar-refractivity contribution in [2.45, 2.75) is 90.4 Å². The molecule has 2 aliphatic rings. The summed E-state index contributed by atoms with van der Waals surface area (Å²) < 4.78 is 42.1. The molecule has 0 aliphatic carbocycles. The molecule has 1 amide bonds. The Morgan fingerprint density at radius 1 is 1.04 bits per heavy atom. The molecule has 12 nitrogen and oxygen atoms in total. The number of anilines is 2. The second-order valence-corrected chi connectivity index (χ2v) is 16.4. The van der Waals surface area contributed by atoms with Crippen LogP contribution in [0.5, 0.6) is 5.88 Å². The molecule has 1 saturated heterocycles. The highest BCUT2D eigenvalue weighted by atomic mass is 32.2. The summed E-state index contributed by atoms with van der Waals surface area (Å²) in [5.41, 5.74) is 3.94. The first-order valence-electron chi connectivity index (χ1n) is 17.3. The number of hydrogen-bond acceptors (Lipinski definition) is 10. The number of carbonyl (C=O) groups excluding carboxylic acids is 1. The standard InChI is InChI=1S/C38H47N7O5S/c1-24-11-8-12-25(2)35(24)31-18-34-42-37(41-31)43-51(47,48)30-14-9-13-27(17-30)36(46)45(29(23-50-34)19-38(4,5)6)22-28-20-39-21-33(40-28)44-16-10-15-32(44)26(3)49-7/h8-9,11-14,17-18,20-21,26,29,32H,10,15-16,19,22-23H2,1-7H3,(H,41,42,43)/t26-,29-,32+/m1/s1. The second-order valence-electron chi connectivity index (χ2n) is 14.7. The van der Waals surface area contributed by atoms with Crippen LogP contribution >= 0.6 is 0 Å². The summed E-state index contributed by atoms with van der Waals surface area (Å²) in [4.78, 5) is 37.1. The van der Waals surface area contributed by atoms with Gasteiger partial charge in [-0.2, -0.15) is 4.98 Å². The van der Waals surface area contributed by atoms with E-state index < -0.39 is 16.1 Å². The van der Waals surface area contributed by atoms with Gasteiger partial charge >= 0.3 is 0 Å². The molecule has 1 N–H and O–H groups in total. The smallest absolute Gasteiger partial charge is 0.264 e. The summed E-state index contributed by atoms with van der Waals surface area (Å²) in [6, 6.07) is 13.4. The van der Waals surface area contributed by atoms with Crippen LogP contribution in [0, 0.1) is 19.3 Å². The van der Waals surface area contributed by atoms with E-state index in [1.807, 2.05) is 32.0 Å². The van der Waals surface area contributed by atoms with Crippen LogP contribution in [-0.2, 0) is 21.3 Å². The average Bonchev–Trinajstić information content (AvgIpc) is 3.58. The largest absolute Gasteiger partial charge is 0.475 e. The van der Waals surface area contributed by atoms with E-state index in [1.165, 1.54) is 12.1 Å². The Bertz CT molecular complexity index is 2000. The number of nitrogens with one attached hydrogen (secondary N) is 1. The van der Waals surface area contributed by atoms with Gasteiger partial charge in [0.15, 0.2) is 0 Å². The van der Waals surface area contributed by atoms with Gasteiger partial charge in [0.25, 0.3) is 15.9 Å². The normalized spacial score (nSPS) is 19.7. The van der Waals surface area contributed by atoms with Crippen LogP contribution < -0.4 is 14.4 Å². The summed E-state index contributed by atoms with van der Waals surface area (Å²) in [5, 5.41) is 0. The topological polar surface area (TPSA) is 140 Å². The third kappa shape index (κ3) is 8.15. The van der Waals surface area contributed by atoms with Crippen molar-refractivity contribution in [2.24, 2.45) is 5.41 Å². The third-order valence-electron chi connectivity index (χ3n) is 9.54. The molecule has 0 saturated carbocycles. The van der Waals surface area contributed by atoms with Crippen molar-refractivity contribution in [2.75, 3.05) is 29.9 Å². The lowest BCUT2D eigenvalue weighted by molar-refractivity contribution is 0.0509. The highest BCUT2D eigenvalue weighted by Gasteiger charge is 2.34. The molecule has 1 fully saturated rings. The first-order valence-corrected chi connectivity index (χ1v) is 18.8. The lowest BCUT2D eigenvalue weighted by Crippen LogP contribution is -2.45. The van der Waals surface area contributed by atoms with Gasteiger partial charge in [-0.1, -0.05) is 45.0 Å². The number of ether oxygens (including phenoxy) is 2.